The lowest BCUT2D eigenvalue weighted by Crippen LogP contribution is -2.34. The predicted octanol–water partition coefficient (Wildman–Crippen LogP) is 1.67. The van der Waals surface area contributed by atoms with Crippen LogP contribution in [0.5, 0.6) is 0 Å². The molecule has 1 aromatic rings. The first-order valence-electron chi connectivity index (χ1n) is 7.36. The van der Waals surface area contributed by atoms with E-state index in [1.807, 2.05) is 0 Å². The standard InChI is InChI=1S/C16H22N2O3/c1-12(20)13-4-6-14(7-5-13)17-16(21)8-10-18-9-2-3-15(18)11-19/h4-7,15,19H,2-3,8-11H2,1H3,(H,17,21)/t15-/m1/s1. The van der Waals surface area contributed by atoms with Gasteiger partial charge in [-0.05, 0) is 50.6 Å². The van der Waals surface area contributed by atoms with Crippen molar-refractivity contribution in [1.29, 1.82) is 0 Å². The Bertz CT molecular complexity index is 499. The van der Waals surface area contributed by atoms with Gasteiger partial charge in [0.2, 0.25) is 5.91 Å². The summed E-state index contributed by atoms with van der Waals surface area (Å²) in [5.74, 6) is -0.0360. The summed E-state index contributed by atoms with van der Waals surface area (Å²) >= 11 is 0. The fourth-order valence-corrected chi connectivity index (χ4v) is 2.65. The van der Waals surface area contributed by atoms with Crippen molar-refractivity contribution >= 4 is 17.4 Å². The highest BCUT2D eigenvalue weighted by molar-refractivity contribution is 5.95. The van der Waals surface area contributed by atoms with E-state index in [4.69, 9.17) is 0 Å². The van der Waals surface area contributed by atoms with Gasteiger partial charge < -0.3 is 10.4 Å². The summed E-state index contributed by atoms with van der Waals surface area (Å²) in [4.78, 5) is 25.3. The Morgan fingerprint density at radius 1 is 1.33 bits per heavy atom. The maximum Gasteiger partial charge on any atom is 0.225 e. The zero-order valence-corrected chi connectivity index (χ0v) is 12.3. The Balaban J connectivity index is 1.80. The van der Waals surface area contributed by atoms with Gasteiger partial charge in [0.15, 0.2) is 5.78 Å². The summed E-state index contributed by atoms with van der Waals surface area (Å²) < 4.78 is 0. The van der Waals surface area contributed by atoms with Gasteiger partial charge in [-0.2, -0.15) is 0 Å². The number of nitrogens with one attached hydrogen (secondary N) is 1. The zero-order valence-electron chi connectivity index (χ0n) is 12.3. The molecule has 0 bridgehead atoms. The number of anilines is 1. The van der Waals surface area contributed by atoms with Gasteiger partial charge in [0, 0.05) is 30.3 Å². The van der Waals surface area contributed by atoms with Crippen LogP contribution in [0.15, 0.2) is 24.3 Å². The van der Waals surface area contributed by atoms with Gasteiger partial charge in [0.05, 0.1) is 6.61 Å². The van der Waals surface area contributed by atoms with Crippen LogP contribution < -0.4 is 5.32 Å². The predicted molar refractivity (Wildman–Crippen MR) is 81.4 cm³/mol. The van der Waals surface area contributed by atoms with Crippen LogP contribution in [0.2, 0.25) is 0 Å². The number of hydrogen-bond donors (Lipinski definition) is 2. The van der Waals surface area contributed by atoms with Gasteiger partial charge in [0.25, 0.3) is 0 Å². The van der Waals surface area contributed by atoms with Gasteiger partial charge in [-0.25, -0.2) is 0 Å². The third-order valence-electron chi connectivity index (χ3n) is 3.91. The Morgan fingerprint density at radius 3 is 2.67 bits per heavy atom. The minimum Gasteiger partial charge on any atom is -0.395 e. The van der Waals surface area contributed by atoms with Crippen LogP contribution >= 0.6 is 0 Å². The molecular formula is C16H22N2O3. The topological polar surface area (TPSA) is 69.6 Å². The van der Waals surface area contributed by atoms with E-state index < -0.39 is 0 Å². The molecule has 1 atom stereocenters. The maximum atomic E-state index is 11.9. The minimum absolute atomic E-state index is 0.0111. The number of carbonyl (C=O) groups is 2. The molecule has 1 aliphatic rings. The van der Waals surface area contributed by atoms with E-state index in [-0.39, 0.29) is 24.3 Å². The molecule has 5 nitrogen and oxygen atoms in total. The van der Waals surface area contributed by atoms with Gasteiger partial charge in [-0.15, -0.1) is 0 Å². The van der Waals surface area contributed by atoms with E-state index in [0.717, 1.165) is 19.4 Å². The number of amides is 1. The molecule has 2 rings (SSSR count). The highest BCUT2D eigenvalue weighted by atomic mass is 16.3. The molecule has 1 amide bonds. The number of likely N-dealkylation sites (tertiary alicyclic amines) is 1. The summed E-state index contributed by atoms with van der Waals surface area (Å²) in [7, 11) is 0. The number of nitrogens with zero attached hydrogens (tertiary/aromatic N) is 1. The monoisotopic (exact) mass is 290 g/mol. The first kappa shape index (κ1) is 15.7. The fourth-order valence-electron chi connectivity index (χ4n) is 2.65. The molecule has 2 N–H and O–H groups in total. The van der Waals surface area contributed by atoms with Crippen molar-refractivity contribution < 1.29 is 14.7 Å². The largest absolute Gasteiger partial charge is 0.395 e. The van der Waals surface area contributed by atoms with Crippen LogP contribution in [-0.2, 0) is 4.79 Å². The minimum atomic E-state index is -0.0471. The van der Waals surface area contributed by atoms with Crippen LogP contribution in [0.1, 0.15) is 36.5 Å². The summed E-state index contributed by atoms with van der Waals surface area (Å²) in [6.45, 7) is 3.30. The molecule has 1 saturated heterocycles. The van der Waals surface area contributed by atoms with Crippen LogP contribution in [0, 0.1) is 0 Å². The molecule has 5 heteroatoms. The van der Waals surface area contributed by atoms with Crippen molar-refractivity contribution in [3.8, 4) is 0 Å². The van der Waals surface area contributed by atoms with Crippen molar-refractivity contribution in [2.45, 2.75) is 32.2 Å². The fraction of sp³-hybridized carbons (Fsp3) is 0.500. The SMILES string of the molecule is CC(=O)c1ccc(NC(=O)CCN2CCC[C@@H]2CO)cc1. The number of Topliss-reactive ketones (excluding diaryl/α,β-unsaturated/α-hetero) is 1. The Labute approximate surface area is 125 Å². The number of rotatable bonds is 6. The summed E-state index contributed by atoms with van der Waals surface area (Å²) in [6.07, 6.45) is 2.49. The second kappa shape index (κ2) is 7.33. The average molecular weight is 290 g/mol. The number of benzene rings is 1. The zero-order chi connectivity index (χ0) is 15.2. The van der Waals surface area contributed by atoms with E-state index in [1.165, 1.54) is 6.92 Å². The van der Waals surface area contributed by atoms with Crippen molar-refractivity contribution in [2.75, 3.05) is 25.0 Å². The first-order chi connectivity index (χ1) is 10.1. The third kappa shape index (κ3) is 4.37. The van der Waals surface area contributed by atoms with Crippen molar-refractivity contribution in [3.63, 3.8) is 0 Å². The van der Waals surface area contributed by atoms with Crippen LogP contribution in [-0.4, -0.2) is 47.4 Å². The molecule has 0 aromatic heterocycles. The Hall–Kier alpha value is -1.72. The maximum absolute atomic E-state index is 11.9. The highest BCUT2D eigenvalue weighted by Crippen LogP contribution is 2.17. The highest BCUT2D eigenvalue weighted by Gasteiger charge is 2.23. The molecule has 1 heterocycles. The van der Waals surface area contributed by atoms with Gasteiger partial charge in [-0.1, -0.05) is 0 Å². The van der Waals surface area contributed by atoms with E-state index >= 15 is 0 Å². The Morgan fingerprint density at radius 2 is 2.05 bits per heavy atom. The normalized spacial score (nSPS) is 18.7. The van der Waals surface area contributed by atoms with Gasteiger partial charge >= 0.3 is 0 Å². The summed E-state index contributed by atoms with van der Waals surface area (Å²) in [6, 6.07) is 7.09. The van der Waals surface area contributed by atoms with E-state index in [0.29, 0.717) is 24.2 Å². The van der Waals surface area contributed by atoms with Crippen LogP contribution in [0.3, 0.4) is 0 Å². The summed E-state index contributed by atoms with van der Waals surface area (Å²) in [5.41, 5.74) is 1.33. The van der Waals surface area contributed by atoms with E-state index in [2.05, 4.69) is 10.2 Å². The molecule has 114 valence electrons. The molecule has 0 saturated carbocycles. The van der Waals surface area contributed by atoms with Gasteiger partial charge in [0.1, 0.15) is 0 Å². The van der Waals surface area contributed by atoms with Crippen LogP contribution in [0.25, 0.3) is 0 Å². The molecule has 1 fully saturated rings. The van der Waals surface area contributed by atoms with E-state index in [1.54, 1.807) is 24.3 Å². The molecule has 1 aliphatic heterocycles. The smallest absolute Gasteiger partial charge is 0.225 e. The lowest BCUT2D eigenvalue weighted by atomic mass is 10.1. The number of hydrogen-bond acceptors (Lipinski definition) is 4. The number of aliphatic hydroxyl groups is 1. The molecular weight excluding hydrogens is 268 g/mol. The number of aliphatic hydroxyl groups excluding tert-OH is 1. The van der Waals surface area contributed by atoms with Crippen molar-refractivity contribution in [3.05, 3.63) is 29.8 Å². The second-order valence-corrected chi connectivity index (χ2v) is 5.45. The molecule has 21 heavy (non-hydrogen) atoms. The average Bonchev–Trinajstić information content (AvgIpc) is 2.93. The second-order valence-electron chi connectivity index (χ2n) is 5.45. The van der Waals surface area contributed by atoms with Crippen molar-refractivity contribution in [2.24, 2.45) is 0 Å². The lowest BCUT2D eigenvalue weighted by molar-refractivity contribution is -0.116. The Kier molecular flexibility index (Phi) is 5.47. The molecule has 0 radical (unpaired) electrons. The molecule has 0 spiro atoms. The number of ketones is 1. The molecule has 0 aliphatic carbocycles. The molecule has 1 aromatic carbocycles. The van der Waals surface area contributed by atoms with E-state index in [9.17, 15) is 14.7 Å². The summed E-state index contributed by atoms with van der Waals surface area (Å²) in [5, 5.41) is 12.1. The van der Waals surface area contributed by atoms with Crippen LogP contribution in [0.4, 0.5) is 5.69 Å². The molecule has 0 unspecified atom stereocenters. The van der Waals surface area contributed by atoms with Gasteiger partial charge in [-0.3, -0.25) is 14.5 Å². The first-order valence-corrected chi connectivity index (χ1v) is 7.36. The quantitative estimate of drug-likeness (QED) is 0.782. The third-order valence-corrected chi connectivity index (χ3v) is 3.91. The lowest BCUT2D eigenvalue weighted by Gasteiger charge is -2.22. The number of carbonyl (C=O) groups excluding carboxylic acids is 2. The van der Waals surface area contributed by atoms with Crippen molar-refractivity contribution in [1.82, 2.24) is 4.90 Å².